The predicted molar refractivity (Wildman–Crippen MR) is 57.9 cm³/mol. The predicted octanol–water partition coefficient (Wildman–Crippen LogP) is -1.04. The van der Waals surface area contributed by atoms with Crippen LogP contribution in [0.5, 0.6) is 0 Å². The number of amides is 1. The Morgan fingerprint density at radius 3 is 3.20 bits per heavy atom. The molecule has 2 rings (SSSR count). The summed E-state index contributed by atoms with van der Waals surface area (Å²) in [4.78, 5) is 19.7. The van der Waals surface area contributed by atoms with Crippen LogP contribution in [0.4, 0.5) is 4.79 Å². The third-order valence-corrected chi connectivity index (χ3v) is 2.35. The maximum Gasteiger partial charge on any atom is 0.413 e. The average Bonchev–Trinajstić information content (AvgIpc) is 2.62. The molecule has 1 amide bonds. The summed E-state index contributed by atoms with van der Waals surface area (Å²) in [5.74, 6) is 0.319. The molecule has 2 unspecified atom stereocenters. The lowest BCUT2D eigenvalue weighted by Gasteiger charge is -2.20. The highest BCUT2D eigenvalue weighted by Crippen LogP contribution is 2.11. The summed E-state index contributed by atoms with van der Waals surface area (Å²) in [6.07, 6.45) is 0.601. The van der Waals surface area contributed by atoms with Gasteiger partial charge in [0.25, 0.3) is 0 Å². The first-order valence-corrected chi connectivity index (χ1v) is 4.63. The Morgan fingerprint density at radius 1 is 1.73 bits per heavy atom. The molecule has 2 aliphatic heterocycles. The van der Waals surface area contributed by atoms with Crippen molar-refractivity contribution in [3.05, 3.63) is 0 Å². The molecule has 0 aromatic rings. The van der Waals surface area contributed by atoms with Crippen LogP contribution >= 0.6 is 12.2 Å². The van der Waals surface area contributed by atoms with Gasteiger partial charge < -0.3 is 15.4 Å². The van der Waals surface area contributed by atoms with Crippen molar-refractivity contribution >= 4 is 35.6 Å². The number of carbonyl (C=O) groups excluding carboxylic acids is 1. The van der Waals surface area contributed by atoms with Crippen LogP contribution < -0.4 is 16.0 Å². The van der Waals surface area contributed by atoms with E-state index >= 15 is 0 Å². The minimum Gasteiger partial charge on any atom is -0.453 e. The van der Waals surface area contributed by atoms with Crippen LogP contribution in [0.2, 0.25) is 0 Å². The fourth-order valence-corrected chi connectivity index (χ4v) is 1.50. The molecular weight excluding hydrogens is 218 g/mol. The van der Waals surface area contributed by atoms with E-state index in [-0.39, 0.29) is 12.2 Å². The van der Waals surface area contributed by atoms with Crippen molar-refractivity contribution in [3.63, 3.8) is 0 Å². The van der Waals surface area contributed by atoms with E-state index in [4.69, 9.17) is 12.2 Å². The summed E-state index contributed by atoms with van der Waals surface area (Å²) in [6, 6.07) is -0.197. The molecule has 2 aliphatic rings. The quantitative estimate of drug-likeness (QED) is 0.460. The number of rotatable bonds is 0. The van der Waals surface area contributed by atoms with E-state index in [1.807, 2.05) is 0 Å². The minimum absolute atomic E-state index is 0.197. The maximum atomic E-state index is 10.9. The number of thiocarbonyl (C=S) groups is 1. The van der Waals surface area contributed by atoms with Gasteiger partial charge in [-0.2, -0.15) is 0 Å². The number of hydrogen-bond donors (Lipinski definition) is 3. The van der Waals surface area contributed by atoms with Gasteiger partial charge in [-0.1, -0.05) is 12.2 Å². The molecule has 0 radical (unpaired) electrons. The van der Waals surface area contributed by atoms with Crippen molar-refractivity contribution < 1.29 is 9.53 Å². The van der Waals surface area contributed by atoms with E-state index < -0.39 is 6.09 Å². The Bertz CT molecular complexity index is 366. The molecule has 0 aromatic carbocycles. The molecule has 7 nitrogen and oxygen atoms in total. The smallest absolute Gasteiger partial charge is 0.413 e. The van der Waals surface area contributed by atoms with Crippen molar-refractivity contribution in [1.29, 1.82) is 0 Å². The molecule has 0 saturated carbocycles. The van der Waals surface area contributed by atoms with Gasteiger partial charge >= 0.3 is 6.09 Å². The number of ether oxygens (including phenoxy) is 1. The normalized spacial score (nSPS) is 27.3. The first kappa shape index (κ1) is 9.84. The Balaban J connectivity index is 2.05. The second-order valence-electron chi connectivity index (χ2n) is 2.92. The third-order valence-electron chi connectivity index (χ3n) is 1.97. The maximum absolute atomic E-state index is 10.9. The van der Waals surface area contributed by atoms with Gasteiger partial charge in [0.1, 0.15) is 11.0 Å². The van der Waals surface area contributed by atoms with Crippen LogP contribution in [0.1, 0.15) is 0 Å². The van der Waals surface area contributed by atoms with Gasteiger partial charge in [-0.25, -0.2) is 14.8 Å². The van der Waals surface area contributed by atoms with E-state index in [9.17, 15) is 4.79 Å². The average molecular weight is 227 g/mol. The van der Waals surface area contributed by atoms with Crippen molar-refractivity contribution in [2.75, 3.05) is 7.11 Å². The summed E-state index contributed by atoms with van der Waals surface area (Å²) in [5, 5.41) is 8.15. The van der Waals surface area contributed by atoms with E-state index in [1.165, 1.54) is 13.4 Å². The van der Waals surface area contributed by atoms with Gasteiger partial charge in [0.2, 0.25) is 5.96 Å². The molecule has 0 spiro atoms. The van der Waals surface area contributed by atoms with E-state index in [0.29, 0.717) is 10.9 Å². The van der Waals surface area contributed by atoms with Crippen LogP contribution in [-0.4, -0.2) is 42.7 Å². The molecule has 15 heavy (non-hydrogen) atoms. The number of fused-ring (bicyclic) bond motifs is 1. The largest absolute Gasteiger partial charge is 0.453 e. The monoisotopic (exact) mass is 227 g/mol. The molecule has 0 aliphatic carbocycles. The van der Waals surface area contributed by atoms with Crippen molar-refractivity contribution in [2.45, 2.75) is 12.2 Å². The lowest BCUT2D eigenvalue weighted by molar-refractivity contribution is 0.176. The van der Waals surface area contributed by atoms with E-state index in [0.717, 1.165) is 0 Å². The fourth-order valence-electron chi connectivity index (χ4n) is 1.27. The van der Waals surface area contributed by atoms with Crippen LogP contribution in [0.3, 0.4) is 0 Å². The zero-order chi connectivity index (χ0) is 10.8. The number of hydrogen-bond acceptors (Lipinski definition) is 6. The highest BCUT2D eigenvalue weighted by molar-refractivity contribution is 7.80. The number of methoxy groups -OCH3 is 1. The van der Waals surface area contributed by atoms with Gasteiger partial charge in [0.15, 0.2) is 6.17 Å². The Morgan fingerprint density at radius 2 is 2.53 bits per heavy atom. The third kappa shape index (κ3) is 1.89. The summed E-state index contributed by atoms with van der Waals surface area (Å²) in [5.41, 5.74) is 0. The molecule has 0 bridgehead atoms. The van der Waals surface area contributed by atoms with Crippen molar-refractivity contribution in [2.24, 2.45) is 9.98 Å². The topological polar surface area (TPSA) is 87.1 Å². The molecule has 3 N–H and O–H groups in total. The molecule has 8 heteroatoms. The number of aliphatic imine (C=N–C) groups is 2. The van der Waals surface area contributed by atoms with Gasteiger partial charge in [0.05, 0.1) is 13.4 Å². The van der Waals surface area contributed by atoms with E-state index in [2.05, 4.69) is 30.7 Å². The molecule has 2 atom stereocenters. The van der Waals surface area contributed by atoms with Crippen LogP contribution in [-0.2, 0) is 4.74 Å². The summed E-state index contributed by atoms with van der Waals surface area (Å²) in [7, 11) is 1.28. The van der Waals surface area contributed by atoms with Crippen LogP contribution in [0.15, 0.2) is 9.98 Å². The highest BCUT2D eigenvalue weighted by Gasteiger charge is 2.33. The molecule has 0 saturated heterocycles. The van der Waals surface area contributed by atoms with Gasteiger partial charge in [-0.15, -0.1) is 0 Å². The zero-order valence-electron chi connectivity index (χ0n) is 7.85. The fraction of sp³-hybridized carbons (Fsp3) is 0.429. The molecule has 0 aromatic heterocycles. The van der Waals surface area contributed by atoms with Crippen molar-refractivity contribution in [1.82, 2.24) is 16.0 Å². The van der Waals surface area contributed by atoms with Crippen LogP contribution in [0, 0.1) is 0 Å². The molecular formula is C7H9N5O2S. The number of guanidine groups is 1. The highest BCUT2D eigenvalue weighted by atomic mass is 32.1. The number of nitrogens with zero attached hydrogens (tertiary/aromatic N) is 2. The molecule has 80 valence electrons. The first-order chi connectivity index (χ1) is 7.20. The first-order valence-electron chi connectivity index (χ1n) is 4.22. The molecule has 2 heterocycles. The Kier molecular flexibility index (Phi) is 2.50. The van der Waals surface area contributed by atoms with E-state index in [1.54, 1.807) is 0 Å². The summed E-state index contributed by atoms with van der Waals surface area (Å²) >= 11 is 5.06. The number of carbonyl (C=O) groups is 1. The summed E-state index contributed by atoms with van der Waals surface area (Å²) in [6.45, 7) is 0. The zero-order valence-corrected chi connectivity index (χ0v) is 8.67. The van der Waals surface area contributed by atoms with Crippen molar-refractivity contribution in [3.8, 4) is 0 Å². The minimum atomic E-state index is -0.581. The van der Waals surface area contributed by atoms with Gasteiger partial charge in [-0.05, 0) is 0 Å². The summed E-state index contributed by atoms with van der Waals surface area (Å²) < 4.78 is 4.43. The Hall–Kier alpha value is -1.70. The van der Waals surface area contributed by atoms with Gasteiger partial charge in [0, 0.05) is 0 Å². The second kappa shape index (κ2) is 3.81. The second-order valence-corrected chi connectivity index (χ2v) is 3.36. The molecule has 0 fully saturated rings. The standard InChI is InChI=1S/C7H9N5O2S/c1-14-7(13)12-6-10-3-4(11-6)8-2-9-5(3)15/h2-4H,1H3,(H,8,9,15)(H2,10,11,12,13). The number of alkyl carbamates (subject to hydrolysis) is 1. The number of nitrogens with one attached hydrogen (secondary N) is 3. The van der Waals surface area contributed by atoms with Crippen LogP contribution in [0.25, 0.3) is 0 Å². The lowest BCUT2D eigenvalue weighted by Crippen LogP contribution is -2.51. The van der Waals surface area contributed by atoms with Gasteiger partial charge in [-0.3, -0.25) is 5.32 Å². The SMILES string of the molecule is COC(=O)NC1=NC2N=CNC(=S)C2N1. The lowest BCUT2D eigenvalue weighted by atomic mass is 10.2. The Labute approximate surface area is 91.0 Å².